The van der Waals surface area contributed by atoms with Crippen molar-refractivity contribution in [3.05, 3.63) is 69.7 Å². The van der Waals surface area contributed by atoms with Crippen LogP contribution in [0.2, 0.25) is 0 Å². The van der Waals surface area contributed by atoms with E-state index in [1.54, 1.807) is 18.2 Å². The first-order valence-corrected chi connectivity index (χ1v) is 11.9. The number of amides is 3. The van der Waals surface area contributed by atoms with Gasteiger partial charge in [0.25, 0.3) is 11.8 Å². The molecule has 2 aromatic carbocycles. The maximum atomic E-state index is 12.9. The van der Waals surface area contributed by atoms with E-state index in [0.29, 0.717) is 23.0 Å². The third-order valence-corrected chi connectivity index (χ3v) is 6.10. The summed E-state index contributed by atoms with van der Waals surface area (Å²) in [5.74, 6) is -2.21. The third-order valence-electron chi connectivity index (χ3n) is 5.61. The lowest BCUT2D eigenvalue weighted by Gasteiger charge is -2.25. The lowest BCUT2D eigenvalue weighted by Crippen LogP contribution is -2.52. The molecule has 0 fully saturated rings. The highest BCUT2D eigenvalue weighted by Crippen LogP contribution is 2.26. The molecule has 1 unspecified atom stereocenters. The first kappa shape index (κ1) is 25.6. The summed E-state index contributed by atoms with van der Waals surface area (Å²) in [6.07, 6.45) is 0.411. The predicted molar refractivity (Wildman–Crippen MR) is 130 cm³/mol. The average Bonchev–Trinajstić information content (AvgIpc) is 3.03. The molecule has 34 heavy (non-hydrogen) atoms. The normalized spacial score (nSPS) is 14.8. The van der Waals surface area contributed by atoms with Gasteiger partial charge < -0.3 is 10.4 Å². The zero-order valence-electron chi connectivity index (χ0n) is 19.1. The fraction of sp³-hybridized carbons (Fsp3) is 0.360. The molecule has 1 heterocycles. The van der Waals surface area contributed by atoms with Crippen LogP contribution in [0.5, 0.6) is 0 Å². The van der Waals surface area contributed by atoms with Crippen molar-refractivity contribution in [1.82, 2.24) is 15.5 Å². The van der Waals surface area contributed by atoms with Crippen molar-refractivity contribution in [1.29, 1.82) is 0 Å². The number of carbonyl (C=O) groups is 4. The van der Waals surface area contributed by atoms with Gasteiger partial charge in [-0.2, -0.15) is 0 Å². The minimum atomic E-state index is -1.15. The van der Waals surface area contributed by atoms with Crippen LogP contribution in [0.4, 0.5) is 0 Å². The summed E-state index contributed by atoms with van der Waals surface area (Å²) in [4.78, 5) is 51.2. The summed E-state index contributed by atoms with van der Waals surface area (Å²) in [7, 11) is 0. The number of halogens is 1. The molecule has 1 aliphatic rings. The first-order chi connectivity index (χ1) is 16.2. The smallest absolute Gasteiger partial charge is 0.320 e. The van der Waals surface area contributed by atoms with E-state index in [9.17, 15) is 24.3 Å². The van der Waals surface area contributed by atoms with Gasteiger partial charge in [0, 0.05) is 17.6 Å². The van der Waals surface area contributed by atoms with E-state index < -0.39 is 29.9 Å². The molecule has 0 aromatic heterocycles. The Labute approximate surface area is 206 Å². The molecule has 180 valence electrons. The molecule has 8 nitrogen and oxygen atoms in total. The summed E-state index contributed by atoms with van der Waals surface area (Å²) in [5, 5.41) is 15.6. The Hall–Kier alpha value is -3.04. The zero-order valence-corrected chi connectivity index (χ0v) is 20.7. The number of carboxylic acid groups (broad SMARTS) is 1. The van der Waals surface area contributed by atoms with Crippen LogP contribution >= 0.6 is 15.9 Å². The van der Waals surface area contributed by atoms with Crippen molar-refractivity contribution in [3.8, 4) is 0 Å². The van der Waals surface area contributed by atoms with Gasteiger partial charge in [0.15, 0.2) is 0 Å². The predicted octanol–water partition coefficient (Wildman–Crippen LogP) is 3.21. The fourth-order valence-electron chi connectivity index (χ4n) is 3.88. The van der Waals surface area contributed by atoms with E-state index in [4.69, 9.17) is 0 Å². The van der Waals surface area contributed by atoms with Gasteiger partial charge in [-0.1, -0.05) is 60.1 Å². The molecular weight excluding hydrogens is 502 g/mol. The molecule has 9 heteroatoms. The highest BCUT2D eigenvalue weighted by atomic mass is 79.9. The maximum absolute atomic E-state index is 12.9. The molecule has 0 radical (unpaired) electrons. The van der Waals surface area contributed by atoms with Crippen molar-refractivity contribution in [2.45, 2.75) is 45.3 Å². The molecule has 1 aliphatic heterocycles. The number of benzene rings is 2. The van der Waals surface area contributed by atoms with E-state index in [1.807, 2.05) is 44.2 Å². The SMILES string of the molecule is CC(C)C[C@H](NC(CCN1C(=O)c2ccc(Br)cc2C1=O)C(=O)O)C(=O)NCc1ccccc1. The number of imide groups is 1. The number of carboxylic acids is 1. The van der Waals surface area contributed by atoms with E-state index in [1.165, 1.54) is 0 Å². The highest BCUT2D eigenvalue weighted by Gasteiger charge is 2.36. The van der Waals surface area contributed by atoms with Gasteiger partial charge >= 0.3 is 5.97 Å². The van der Waals surface area contributed by atoms with Crippen LogP contribution in [-0.4, -0.2) is 52.3 Å². The summed E-state index contributed by atoms with van der Waals surface area (Å²) < 4.78 is 0.678. The van der Waals surface area contributed by atoms with Crippen LogP contribution in [0.15, 0.2) is 53.0 Å². The minimum absolute atomic E-state index is 0.0253. The van der Waals surface area contributed by atoms with Crippen molar-refractivity contribution < 1.29 is 24.3 Å². The zero-order chi connectivity index (χ0) is 24.8. The number of rotatable bonds is 11. The van der Waals surface area contributed by atoms with Crippen LogP contribution in [-0.2, 0) is 16.1 Å². The molecule has 0 spiro atoms. The largest absolute Gasteiger partial charge is 0.480 e. The van der Waals surface area contributed by atoms with Crippen LogP contribution in [0, 0.1) is 5.92 Å². The minimum Gasteiger partial charge on any atom is -0.480 e. The maximum Gasteiger partial charge on any atom is 0.320 e. The van der Waals surface area contributed by atoms with Crippen LogP contribution in [0.3, 0.4) is 0 Å². The standard InChI is InChI=1S/C25H28BrN3O5/c1-15(2)12-21(22(30)27-14-16-6-4-3-5-7-16)28-20(25(33)34)10-11-29-23(31)18-9-8-17(26)13-19(18)24(29)32/h3-9,13,15,20-21,28H,10-12,14H2,1-2H3,(H,27,30)(H,33,34)/t20?,21-/m0/s1. The van der Waals surface area contributed by atoms with Crippen molar-refractivity contribution >= 4 is 39.6 Å². The Morgan fingerprint density at radius 2 is 1.68 bits per heavy atom. The number of nitrogens with one attached hydrogen (secondary N) is 2. The summed E-state index contributed by atoms with van der Waals surface area (Å²) in [6, 6.07) is 12.4. The fourth-order valence-corrected chi connectivity index (χ4v) is 4.24. The summed E-state index contributed by atoms with van der Waals surface area (Å²) in [5.41, 5.74) is 1.52. The first-order valence-electron chi connectivity index (χ1n) is 11.1. The Morgan fingerprint density at radius 1 is 1.00 bits per heavy atom. The van der Waals surface area contributed by atoms with Gasteiger partial charge in [-0.25, -0.2) is 0 Å². The number of aliphatic carboxylic acids is 1. The third kappa shape index (κ3) is 6.30. The molecule has 0 bridgehead atoms. The second-order valence-corrected chi connectivity index (χ2v) is 9.60. The Balaban J connectivity index is 1.65. The van der Waals surface area contributed by atoms with E-state index in [2.05, 4.69) is 26.6 Å². The number of hydrogen-bond acceptors (Lipinski definition) is 5. The molecule has 0 saturated carbocycles. The van der Waals surface area contributed by atoms with E-state index in [-0.39, 0.29) is 30.4 Å². The second-order valence-electron chi connectivity index (χ2n) is 8.68. The van der Waals surface area contributed by atoms with E-state index in [0.717, 1.165) is 10.5 Å². The van der Waals surface area contributed by atoms with Gasteiger partial charge in [-0.05, 0) is 42.5 Å². The molecule has 3 amide bonds. The van der Waals surface area contributed by atoms with Crippen LogP contribution in [0.25, 0.3) is 0 Å². The number of hydrogen-bond donors (Lipinski definition) is 3. The van der Waals surface area contributed by atoms with Gasteiger partial charge in [0.05, 0.1) is 17.2 Å². The van der Waals surface area contributed by atoms with Crippen LogP contribution in [0.1, 0.15) is 53.0 Å². The number of carbonyl (C=O) groups excluding carboxylic acids is 3. The molecule has 3 N–H and O–H groups in total. The van der Waals surface area contributed by atoms with Gasteiger partial charge in [-0.3, -0.25) is 29.4 Å². The lowest BCUT2D eigenvalue weighted by molar-refractivity contribution is -0.140. The Kier molecular flexibility index (Phi) is 8.57. The topological polar surface area (TPSA) is 116 Å². The van der Waals surface area contributed by atoms with Gasteiger partial charge in [0.1, 0.15) is 6.04 Å². The molecule has 2 atom stereocenters. The average molecular weight is 530 g/mol. The van der Waals surface area contributed by atoms with Crippen LogP contribution < -0.4 is 10.6 Å². The summed E-state index contributed by atoms with van der Waals surface area (Å²) >= 11 is 3.29. The van der Waals surface area contributed by atoms with Crippen molar-refractivity contribution in [2.24, 2.45) is 5.92 Å². The van der Waals surface area contributed by atoms with Crippen molar-refractivity contribution in [2.75, 3.05) is 6.54 Å². The second kappa shape index (κ2) is 11.4. The molecule has 0 aliphatic carbocycles. The van der Waals surface area contributed by atoms with Gasteiger partial charge in [0.2, 0.25) is 5.91 Å². The lowest BCUT2D eigenvalue weighted by atomic mass is 10.0. The molecule has 0 saturated heterocycles. The molecule has 3 rings (SSSR count). The monoisotopic (exact) mass is 529 g/mol. The van der Waals surface area contributed by atoms with Crippen molar-refractivity contribution in [3.63, 3.8) is 0 Å². The Morgan fingerprint density at radius 3 is 2.32 bits per heavy atom. The summed E-state index contributed by atoms with van der Waals surface area (Å²) in [6.45, 7) is 4.16. The Bertz CT molecular complexity index is 1070. The quantitative estimate of drug-likeness (QED) is 0.385. The molecular formula is C25H28BrN3O5. The molecule has 2 aromatic rings. The highest BCUT2D eigenvalue weighted by molar-refractivity contribution is 9.10. The van der Waals surface area contributed by atoms with E-state index >= 15 is 0 Å². The number of fused-ring (bicyclic) bond motifs is 1. The number of nitrogens with zero attached hydrogens (tertiary/aromatic N) is 1. The van der Waals surface area contributed by atoms with Gasteiger partial charge in [-0.15, -0.1) is 0 Å².